The predicted octanol–water partition coefficient (Wildman–Crippen LogP) is 3.31. The largest absolute Gasteiger partial charge is 0.478 e. The number of Topliss-reactive ketones (excluding diaryl/α,β-unsaturated/α-hetero) is 1. The number of anilines is 2. The Morgan fingerprint density at radius 3 is 1.70 bits per heavy atom. The number of para-hydroxylation sites is 1. The maximum absolute atomic E-state index is 12.3. The van der Waals surface area contributed by atoms with E-state index in [9.17, 15) is 24.0 Å². The molecule has 0 radical (unpaired) electrons. The number of aliphatic hydroxyl groups is 1. The quantitative estimate of drug-likeness (QED) is 0.165. The van der Waals surface area contributed by atoms with Crippen molar-refractivity contribution >= 4 is 52.8 Å². The molecular formula is C32H39N3O10S. The Hall–Kier alpha value is -4.50. The van der Waals surface area contributed by atoms with E-state index in [1.165, 1.54) is 15.5 Å². The van der Waals surface area contributed by atoms with Crippen LogP contribution < -0.4 is 4.90 Å². The van der Waals surface area contributed by atoms with Crippen molar-refractivity contribution in [1.29, 1.82) is 0 Å². The summed E-state index contributed by atoms with van der Waals surface area (Å²) >= 11 is 1.79. The van der Waals surface area contributed by atoms with Gasteiger partial charge in [-0.1, -0.05) is 36.9 Å². The average molecular weight is 658 g/mol. The number of hydrogen-bond acceptors (Lipinski definition) is 10. The van der Waals surface area contributed by atoms with Crippen LogP contribution in [-0.2, 0) is 19.2 Å². The normalized spacial score (nSPS) is 14.3. The predicted molar refractivity (Wildman–Crippen MR) is 172 cm³/mol. The van der Waals surface area contributed by atoms with Crippen molar-refractivity contribution in [3.63, 3.8) is 0 Å². The molecule has 0 aromatic heterocycles. The Bertz CT molecular complexity index is 1350. The van der Waals surface area contributed by atoms with Gasteiger partial charge in [0.15, 0.2) is 5.78 Å². The molecule has 2 aromatic carbocycles. The molecule has 5 N–H and O–H groups in total. The SMILES string of the molecule is CCC(=O)c1ccc2c(c1)N(CCCN1CCN(CCO)CC1)c1ccccc1S2.O=C(O)/C=C/C(=O)O.O=C(O)/C=C/C(=O)O. The lowest BCUT2D eigenvalue weighted by atomic mass is 10.1. The molecule has 248 valence electrons. The molecule has 0 unspecified atom stereocenters. The number of carbonyl (C=O) groups excluding carboxylic acids is 1. The fourth-order valence-electron chi connectivity index (χ4n) is 4.56. The third-order valence-corrected chi connectivity index (χ3v) is 7.87. The molecule has 2 aromatic rings. The first-order valence-corrected chi connectivity index (χ1v) is 15.3. The summed E-state index contributed by atoms with van der Waals surface area (Å²) in [4.78, 5) is 60.3. The van der Waals surface area contributed by atoms with Crippen LogP contribution in [0.2, 0.25) is 0 Å². The van der Waals surface area contributed by atoms with Gasteiger partial charge >= 0.3 is 23.9 Å². The third-order valence-electron chi connectivity index (χ3n) is 6.74. The standard InChI is InChI=1S/C24H31N3O2S.2C4H4O4/c1-2-22(29)19-8-9-24-21(18-19)27(20-6-3-4-7-23(20)30-24)11-5-10-25-12-14-26(15-13-25)16-17-28;2*5-3(6)1-2-4(7)8/h3-4,6-9,18,28H,2,5,10-17H2,1H3;2*1-2H,(H,5,6)(H,7,8)/b;2*2-1+. The van der Waals surface area contributed by atoms with Crippen molar-refractivity contribution < 1.29 is 49.5 Å². The number of hydrogen-bond donors (Lipinski definition) is 5. The van der Waals surface area contributed by atoms with Crippen LogP contribution in [-0.4, -0.2) is 117 Å². The fourth-order valence-corrected chi connectivity index (χ4v) is 5.64. The zero-order valence-electron chi connectivity index (χ0n) is 25.4. The number of rotatable bonds is 12. The highest BCUT2D eigenvalue weighted by Crippen LogP contribution is 2.48. The van der Waals surface area contributed by atoms with Crippen LogP contribution in [0, 0.1) is 0 Å². The molecule has 0 aliphatic carbocycles. The number of β-amino-alcohol motifs (C(OH)–C–C–N with tert-alkyl or cyclic N) is 1. The summed E-state index contributed by atoms with van der Waals surface area (Å²) in [6, 6.07) is 14.7. The summed E-state index contributed by atoms with van der Waals surface area (Å²) in [6.07, 6.45) is 3.84. The van der Waals surface area contributed by atoms with Crippen LogP contribution in [0.1, 0.15) is 30.1 Å². The highest BCUT2D eigenvalue weighted by molar-refractivity contribution is 7.99. The third kappa shape index (κ3) is 13.2. The summed E-state index contributed by atoms with van der Waals surface area (Å²) in [5.41, 5.74) is 3.20. The van der Waals surface area contributed by atoms with Gasteiger partial charge in [-0.15, -0.1) is 0 Å². The first-order chi connectivity index (χ1) is 21.9. The van der Waals surface area contributed by atoms with E-state index in [0.717, 1.165) is 63.5 Å². The van der Waals surface area contributed by atoms with Crippen molar-refractivity contribution in [2.24, 2.45) is 0 Å². The van der Waals surface area contributed by atoms with E-state index in [1.54, 1.807) is 11.8 Å². The number of piperazine rings is 1. The zero-order chi connectivity index (χ0) is 34.1. The lowest BCUT2D eigenvalue weighted by Crippen LogP contribution is -2.47. The Morgan fingerprint density at radius 1 is 0.696 bits per heavy atom. The van der Waals surface area contributed by atoms with E-state index in [1.807, 2.05) is 13.0 Å². The van der Waals surface area contributed by atoms with Crippen molar-refractivity contribution in [3.05, 3.63) is 72.3 Å². The van der Waals surface area contributed by atoms with Gasteiger partial charge in [-0.05, 0) is 37.2 Å². The number of aliphatic hydroxyl groups excluding tert-OH is 1. The number of carbonyl (C=O) groups is 5. The summed E-state index contributed by atoms with van der Waals surface area (Å²) in [7, 11) is 0. The van der Waals surface area contributed by atoms with E-state index in [4.69, 9.17) is 25.5 Å². The minimum absolute atomic E-state index is 0.197. The monoisotopic (exact) mass is 657 g/mol. The molecule has 0 amide bonds. The molecule has 0 saturated carbocycles. The summed E-state index contributed by atoms with van der Waals surface area (Å²) in [5, 5.41) is 40.4. The molecule has 2 heterocycles. The molecule has 13 nitrogen and oxygen atoms in total. The van der Waals surface area contributed by atoms with Crippen LogP contribution in [0.4, 0.5) is 11.4 Å². The molecule has 2 aliphatic rings. The maximum atomic E-state index is 12.3. The number of carboxylic acid groups (broad SMARTS) is 4. The van der Waals surface area contributed by atoms with Crippen LogP contribution >= 0.6 is 11.8 Å². The van der Waals surface area contributed by atoms with E-state index < -0.39 is 23.9 Å². The lowest BCUT2D eigenvalue weighted by molar-refractivity contribution is -0.134. The molecule has 0 atom stereocenters. The summed E-state index contributed by atoms with van der Waals surface area (Å²) in [5.74, 6) is -4.83. The average Bonchev–Trinajstić information content (AvgIpc) is 3.03. The van der Waals surface area contributed by atoms with Gasteiger partial charge in [-0.3, -0.25) is 9.69 Å². The maximum Gasteiger partial charge on any atom is 0.328 e. The molecule has 1 saturated heterocycles. The second-order valence-electron chi connectivity index (χ2n) is 9.96. The van der Waals surface area contributed by atoms with Gasteiger partial charge in [-0.2, -0.15) is 0 Å². The van der Waals surface area contributed by atoms with Crippen LogP contribution in [0.15, 0.2) is 76.6 Å². The second kappa shape index (κ2) is 19.8. The number of nitrogens with zero attached hydrogens (tertiary/aromatic N) is 3. The molecule has 0 spiro atoms. The van der Waals surface area contributed by atoms with Crippen LogP contribution in [0.3, 0.4) is 0 Å². The number of aliphatic carboxylic acids is 4. The Morgan fingerprint density at radius 2 is 1.20 bits per heavy atom. The molecule has 2 aliphatic heterocycles. The fraction of sp³-hybridized carbons (Fsp3) is 0.344. The van der Waals surface area contributed by atoms with Gasteiger partial charge in [0, 0.05) is 85.3 Å². The first-order valence-electron chi connectivity index (χ1n) is 14.5. The van der Waals surface area contributed by atoms with Gasteiger partial charge in [0.25, 0.3) is 0 Å². The zero-order valence-corrected chi connectivity index (χ0v) is 26.3. The van der Waals surface area contributed by atoms with Gasteiger partial charge in [0.1, 0.15) is 0 Å². The van der Waals surface area contributed by atoms with E-state index >= 15 is 0 Å². The Labute approximate surface area is 271 Å². The topological polar surface area (TPSA) is 196 Å². The summed E-state index contributed by atoms with van der Waals surface area (Å²) in [6.45, 7) is 9.16. The molecular weight excluding hydrogens is 618 g/mol. The lowest BCUT2D eigenvalue weighted by Gasteiger charge is -2.36. The number of carboxylic acids is 4. The smallest absolute Gasteiger partial charge is 0.328 e. The van der Waals surface area contributed by atoms with E-state index in [-0.39, 0.29) is 12.4 Å². The highest BCUT2D eigenvalue weighted by atomic mass is 32.2. The van der Waals surface area contributed by atoms with Crippen LogP contribution in [0.25, 0.3) is 0 Å². The molecule has 46 heavy (non-hydrogen) atoms. The van der Waals surface area contributed by atoms with Crippen molar-refractivity contribution in [2.75, 3.05) is 57.3 Å². The van der Waals surface area contributed by atoms with Crippen molar-refractivity contribution in [3.8, 4) is 0 Å². The van der Waals surface area contributed by atoms with Gasteiger partial charge in [-0.25, -0.2) is 19.2 Å². The van der Waals surface area contributed by atoms with E-state index in [2.05, 4.69) is 51.1 Å². The Balaban J connectivity index is 0.000000381. The van der Waals surface area contributed by atoms with Crippen molar-refractivity contribution in [2.45, 2.75) is 29.6 Å². The minimum Gasteiger partial charge on any atom is -0.478 e. The van der Waals surface area contributed by atoms with Gasteiger partial charge in [0.2, 0.25) is 0 Å². The number of fused-ring (bicyclic) bond motifs is 2. The minimum atomic E-state index is -1.26. The van der Waals surface area contributed by atoms with Crippen molar-refractivity contribution in [1.82, 2.24) is 9.80 Å². The molecule has 0 bridgehead atoms. The molecule has 14 heteroatoms. The first kappa shape index (κ1) is 37.7. The van der Waals surface area contributed by atoms with E-state index in [0.29, 0.717) is 30.7 Å². The van der Waals surface area contributed by atoms with Crippen LogP contribution in [0.5, 0.6) is 0 Å². The highest BCUT2D eigenvalue weighted by Gasteiger charge is 2.24. The Kier molecular flexibility index (Phi) is 16.2. The second-order valence-corrected chi connectivity index (χ2v) is 11.0. The summed E-state index contributed by atoms with van der Waals surface area (Å²) < 4.78 is 0. The van der Waals surface area contributed by atoms with Gasteiger partial charge in [0.05, 0.1) is 18.0 Å². The number of benzene rings is 2. The molecule has 1 fully saturated rings. The molecule has 4 rings (SSSR count). The van der Waals surface area contributed by atoms with Gasteiger partial charge < -0.3 is 35.3 Å². The number of ketones is 1.